The first kappa shape index (κ1) is 16.6. The first-order valence-electron chi connectivity index (χ1n) is 6.58. The van der Waals surface area contributed by atoms with Crippen LogP contribution < -0.4 is 11.1 Å². The molecule has 0 bridgehead atoms. The third-order valence-corrected chi connectivity index (χ3v) is 5.79. The summed E-state index contributed by atoms with van der Waals surface area (Å²) in [4.78, 5) is 12.8. The molecule has 2 rings (SSSR count). The fourth-order valence-corrected chi connectivity index (χ4v) is 4.44. The Morgan fingerprint density at radius 2 is 2.24 bits per heavy atom. The second-order valence-electron chi connectivity index (χ2n) is 4.40. The molecular weight excluding hydrogens is 372 g/mol. The van der Waals surface area contributed by atoms with Gasteiger partial charge in [-0.2, -0.15) is 11.8 Å². The Morgan fingerprint density at radius 1 is 1.43 bits per heavy atom. The summed E-state index contributed by atoms with van der Waals surface area (Å²) in [5, 5.41) is 12.5. The van der Waals surface area contributed by atoms with E-state index in [1.54, 1.807) is 11.8 Å². The zero-order valence-corrected chi connectivity index (χ0v) is 14.6. The average Bonchev–Trinajstić information content (AvgIpc) is 2.81. The molecule has 1 amide bonds. The van der Waals surface area contributed by atoms with Crippen molar-refractivity contribution >= 4 is 60.7 Å². The van der Waals surface area contributed by atoms with Gasteiger partial charge >= 0.3 is 0 Å². The Kier molecular flexibility index (Phi) is 6.35. The normalized spacial score (nSPS) is 11.0. The summed E-state index contributed by atoms with van der Waals surface area (Å²) in [6.45, 7) is 0.816. The van der Waals surface area contributed by atoms with Crippen molar-refractivity contribution in [3.8, 4) is 0 Å². The van der Waals surface area contributed by atoms with Crippen molar-refractivity contribution < 1.29 is 9.90 Å². The van der Waals surface area contributed by atoms with E-state index in [-0.39, 0.29) is 12.5 Å². The summed E-state index contributed by atoms with van der Waals surface area (Å²) in [7, 11) is 0. The van der Waals surface area contributed by atoms with Crippen molar-refractivity contribution in [2.24, 2.45) is 0 Å². The second-order valence-corrected chi connectivity index (χ2v) is 7.53. The molecule has 2 aromatic rings. The van der Waals surface area contributed by atoms with Crippen molar-refractivity contribution in [3.05, 3.63) is 27.5 Å². The molecule has 0 fully saturated rings. The van der Waals surface area contributed by atoms with Gasteiger partial charge in [0.05, 0.1) is 5.69 Å². The number of benzene rings is 1. The first-order valence-corrected chi connectivity index (χ1v) is 9.35. The maximum Gasteiger partial charge on any atom is 0.263 e. The molecule has 1 aromatic carbocycles. The van der Waals surface area contributed by atoms with Crippen molar-refractivity contribution in [2.75, 3.05) is 30.4 Å². The van der Waals surface area contributed by atoms with E-state index in [1.165, 1.54) is 11.3 Å². The lowest BCUT2D eigenvalue weighted by Crippen LogP contribution is -2.25. The van der Waals surface area contributed by atoms with Crippen molar-refractivity contribution in [1.29, 1.82) is 0 Å². The lowest BCUT2D eigenvalue weighted by atomic mass is 10.2. The van der Waals surface area contributed by atoms with Crippen molar-refractivity contribution in [2.45, 2.75) is 6.42 Å². The van der Waals surface area contributed by atoms with E-state index in [4.69, 9.17) is 10.8 Å². The van der Waals surface area contributed by atoms with Gasteiger partial charge in [-0.3, -0.25) is 4.79 Å². The Balaban J connectivity index is 1.97. The van der Waals surface area contributed by atoms with Crippen LogP contribution in [0.4, 0.5) is 5.69 Å². The molecule has 4 N–H and O–H groups in total. The lowest BCUT2D eigenvalue weighted by molar-refractivity contribution is 0.0961. The molecule has 0 aliphatic rings. The summed E-state index contributed by atoms with van der Waals surface area (Å²) in [6, 6.07) is 5.81. The van der Waals surface area contributed by atoms with Gasteiger partial charge in [-0.25, -0.2) is 0 Å². The van der Waals surface area contributed by atoms with Gasteiger partial charge in [0.2, 0.25) is 0 Å². The molecule has 4 nitrogen and oxygen atoms in total. The molecule has 0 spiro atoms. The predicted octanol–water partition coefficient (Wildman–Crippen LogP) is 3.09. The molecule has 0 saturated carbocycles. The number of nitrogens with two attached hydrogens (primary N) is 1. The quantitative estimate of drug-likeness (QED) is 0.637. The minimum absolute atomic E-state index is 0.122. The van der Waals surface area contributed by atoms with Crippen LogP contribution in [0.1, 0.15) is 16.1 Å². The zero-order chi connectivity index (χ0) is 15.2. The molecule has 0 atom stereocenters. The number of aliphatic hydroxyl groups excluding tert-OH is 1. The maximum atomic E-state index is 12.2. The minimum Gasteiger partial charge on any atom is -0.397 e. The molecule has 0 aliphatic carbocycles. The number of rotatable bonds is 7. The van der Waals surface area contributed by atoms with E-state index in [1.807, 2.05) is 18.2 Å². The Labute approximate surface area is 140 Å². The number of thiophene rings is 1. The molecular formula is C14H17BrN2O2S2. The smallest absolute Gasteiger partial charge is 0.263 e. The van der Waals surface area contributed by atoms with E-state index in [0.717, 1.165) is 32.5 Å². The molecule has 0 unspecified atom stereocenters. The fraction of sp³-hybridized carbons (Fsp3) is 0.357. The van der Waals surface area contributed by atoms with Gasteiger partial charge in [0.25, 0.3) is 5.91 Å². The van der Waals surface area contributed by atoms with Gasteiger partial charge in [0.15, 0.2) is 0 Å². The van der Waals surface area contributed by atoms with Crippen LogP contribution in [0.2, 0.25) is 0 Å². The van der Waals surface area contributed by atoms with Crippen LogP contribution in [-0.2, 0) is 0 Å². The van der Waals surface area contributed by atoms with E-state index in [9.17, 15) is 4.79 Å². The molecule has 114 valence electrons. The Bertz CT molecular complexity index is 631. The number of thioether (sulfide) groups is 1. The highest BCUT2D eigenvalue weighted by molar-refractivity contribution is 9.10. The Morgan fingerprint density at radius 3 is 2.95 bits per heavy atom. The molecule has 1 aromatic heterocycles. The number of carbonyl (C=O) groups is 1. The van der Waals surface area contributed by atoms with Gasteiger partial charge < -0.3 is 16.2 Å². The second kappa shape index (κ2) is 8.03. The van der Waals surface area contributed by atoms with Crippen molar-refractivity contribution in [1.82, 2.24) is 5.32 Å². The third kappa shape index (κ3) is 4.12. The monoisotopic (exact) mass is 388 g/mol. The fourth-order valence-electron chi connectivity index (χ4n) is 1.88. The van der Waals surface area contributed by atoms with Crippen LogP contribution >= 0.6 is 39.0 Å². The molecule has 1 heterocycles. The van der Waals surface area contributed by atoms with Crippen LogP contribution in [0, 0.1) is 0 Å². The number of hydrogen-bond donors (Lipinski definition) is 3. The van der Waals surface area contributed by atoms with Gasteiger partial charge in [-0.1, -0.05) is 22.0 Å². The third-order valence-electron chi connectivity index (χ3n) is 2.89. The van der Waals surface area contributed by atoms with E-state index < -0.39 is 0 Å². The van der Waals surface area contributed by atoms with Gasteiger partial charge in [0.1, 0.15) is 4.88 Å². The summed E-state index contributed by atoms with van der Waals surface area (Å²) in [5.41, 5.74) is 6.63. The number of hydrogen-bond acceptors (Lipinski definition) is 5. The number of aliphatic hydroxyl groups is 1. The van der Waals surface area contributed by atoms with Gasteiger partial charge in [-0.05, 0) is 24.3 Å². The molecule has 7 heteroatoms. The number of amides is 1. The van der Waals surface area contributed by atoms with Crippen LogP contribution in [0.25, 0.3) is 10.1 Å². The number of nitrogen functional groups attached to an aromatic ring is 1. The lowest BCUT2D eigenvalue weighted by Gasteiger charge is -2.04. The largest absolute Gasteiger partial charge is 0.397 e. The highest BCUT2D eigenvalue weighted by Gasteiger charge is 2.17. The van der Waals surface area contributed by atoms with Gasteiger partial charge in [-0.15, -0.1) is 11.3 Å². The molecule has 0 aliphatic heterocycles. The minimum atomic E-state index is -0.122. The van der Waals surface area contributed by atoms with Crippen LogP contribution in [0.5, 0.6) is 0 Å². The number of anilines is 1. The molecule has 0 saturated heterocycles. The SMILES string of the molecule is Nc1c(C(=O)NCCSCCCO)sc2cccc(Br)c12. The van der Waals surface area contributed by atoms with Crippen LogP contribution in [-0.4, -0.2) is 35.7 Å². The number of halogens is 1. The highest BCUT2D eigenvalue weighted by atomic mass is 79.9. The highest BCUT2D eigenvalue weighted by Crippen LogP contribution is 2.37. The van der Waals surface area contributed by atoms with Crippen LogP contribution in [0.15, 0.2) is 22.7 Å². The predicted molar refractivity (Wildman–Crippen MR) is 95.3 cm³/mol. The first-order chi connectivity index (χ1) is 10.1. The van der Waals surface area contributed by atoms with Crippen molar-refractivity contribution in [3.63, 3.8) is 0 Å². The number of nitrogens with one attached hydrogen (secondary N) is 1. The van der Waals surface area contributed by atoms with E-state index >= 15 is 0 Å². The van der Waals surface area contributed by atoms with Gasteiger partial charge in [0, 0.05) is 33.5 Å². The standard InChI is InChI=1S/C14H17BrN2O2S2/c15-9-3-1-4-10-11(9)12(16)13(21-10)14(19)17-5-8-20-7-2-6-18/h1,3-4,18H,2,5-8,16H2,(H,17,19). The summed E-state index contributed by atoms with van der Waals surface area (Å²) >= 11 is 6.60. The summed E-state index contributed by atoms with van der Waals surface area (Å²) in [5.74, 6) is 1.62. The molecule has 0 radical (unpaired) electrons. The van der Waals surface area contributed by atoms with E-state index in [2.05, 4.69) is 21.2 Å². The average molecular weight is 389 g/mol. The molecule has 21 heavy (non-hydrogen) atoms. The topological polar surface area (TPSA) is 75.4 Å². The number of fused-ring (bicyclic) bond motifs is 1. The van der Waals surface area contributed by atoms with E-state index in [0.29, 0.717) is 17.1 Å². The summed E-state index contributed by atoms with van der Waals surface area (Å²) < 4.78 is 1.91. The maximum absolute atomic E-state index is 12.2. The zero-order valence-electron chi connectivity index (χ0n) is 11.4. The summed E-state index contributed by atoms with van der Waals surface area (Å²) in [6.07, 6.45) is 0.788. The van der Waals surface area contributed by atoms with Crippen LogP contribution in [0.3, 0.4) is 0 Å². The number of carbonyl (C=O) groups excluding carboxylic acids is 1. The Hall–Kier alpha value is -0.760.